The standard InChI is InChI=1S/C33H32Cl3N3O4S/c1-2-19-37-33(41)31(20-24-9-5-3-6-10-24)38(22-25-13-14-27(35)21-30(25)36)32(40)23-39(28-11-7-4-8-12-28)44(42,43)29-17-15-26(34)16-18-29/h3-18,21,31H,2,19-20,22-23H2,1H3,(H,37,41)/t31-/m1/s1. The van der Waals surface area contributed by atoms with Crippen LogP contribution in [0.25, 0.3) is 0 Å². The molecule has 0 fully saturated rings. The monoisotopic (exact) mass is 671 g/mol. The van der Waals surface area contributed by atoms with E-state index in [-0.39, 0.29) is 29.5 Å². The van der Waals surface area contributed by atoms with Crippen LogP contribution >= 0.6 is 34.8 Å². The van der Waals surface area contributed by atoms with E-state index in [0.29, 0.717) is 33.6 Å². The Labute approximate surface area is 273 Å². The molecule has 1 atom stereocenters. The van der Waals surface area contributed by atoms with E-state index in [1.165, 1.54) is 29.2 Å². The average Bonchev–Trinajstić information content (AvgIpc) is 3.02. The van der Waals surface area contributed by atoms with E-state index in [1.54, 1.807) is 48.5 Å². The Morgan fingerprint density at radius 3 is 2.05 bits per heavy atom. The number of carbonyl (C=O) groups is 2. The number of benzene rings is 4. The fourth-order valence-electron chi connectivity index (χ4n) is 4.61. The van der Waals surface area contributed by atoms with E-state index in [2.05, 4.69) is 5.32 Å². The molecule has 0 radical (unpaired) electrons. The maximum Gasteiger partial charge on any atom is 0.264 e. The Morgan fingerprint density at radius 2 is 1.43 bits per heavy atom. The van der Waals surface area contributed by atoms with Gasteiger partial charge in [-0.05, 0) is 66.1 Å². The predicted octanol–water partition coefficient (Wildman–Crippen LogP) is 7.01. The summed E-state index contributed by atoms with van der Waals surface area (Å²) in [5.74, 6) is -0.953. The van der Waals surface area contributed by atoms with Gasteiger partial charge in [0.15, 0.2) is 0 Å². The van der Waals surface area contributed by atoms with Gasteiger partial charge >= 0.3 is 0 Å². The molecule has 0 saturated heterocycles. The summed E-state index contributed by atoms with van der Waals surface area (Å²) in [4.78, 5) is 29.4. The number of sulfonamides is 1. The number of carbonyl (C=O) groups excluding carboxylic acids is 2. The number of hydrogen-bond donors (Lipinski definition) is 1. The first-order valence-electron chi connectivity index (χ1n) is 14.0. The van der Waals surface area contributed by atoms with Crippen LogP contribution in [-0.2, 0) is 32.6 Å². The van der Waals surface area contributed by atoms with Crippen LogP contribution in [0.15, 0.2) is 108 Å². The quantitative estimate of drug-likeness (QED) is 0.166. The van der Waals surface area contributed by atoms with Crippen LogP contribution in [0.5, 0.6) is 0 Å². The number of amides is 2. The molecule has 4 aromatic rings. The number of rotatable bonds is 13. The van der Waals surface area contributed by atoms with Crippen molar-refractivity contribution in [2.75, 3.05) is 17.4 Å². The van der Waals surface area contributed by atoms with Gasteiger partial charge in [0.2, 0.25) is 11.8 Å². The predicted molar refractivity (Wildman–Crippen MR) is 177 cm³/mol. The van der Waals surface area contributed by atoms with Gasteiger partial charge in [-0.15, -0.1) is 0 Å². The summed E-state index contributed by atoms with van der Waals surface area (Å²) in [5, 5.41) is 4.02. The Kier molecular flexibility index (Phi) is 11.7. The SMILES string of the molecule is CCCNC(=O)[C@@H](Cc1ccccc1)N(Cc1ccc(Cl)cc1Cl)C(=O)CN(c1ccccc1)S(=O)(=O)c1ccc(Cl)cc1. The fraction of sp³-hybridized carbons (Fsp3) is 0.212. The zero-order chi connectivity index (χ0) is 31.7. The third kappa shape index (κ3) is 8.54. The van der Waals surface area contributed by atoms with Crippen LogP contribution in [0, 0.1) is 0 Å². The Balaban J connectivity index is 1.80. The maximum absolute atomic E-state index is 14.4. The van der Waals surface area contributed by atoms with Gasteiger partial charge in [0.05, 0.1) is 10.6 Å². The van der Waals surface area contributed by atoms with Gasteiger partial charge in [-0.2, -0.15) is 0 Å². The molecule has 0 saturated carbocycles. The van der Waals surface area contributed by atoms with Gasteiger partial charge in [0.1, 0.15) is 12.6 Å². The van der Waals surface area contributed by atoms with Crippen LogP contribution < -0.4 is 9.62 Å². The molecule has 0 unspecified atom stereocenters. The van der Waals surface area contributed by atoms with Gasteiger partial charge in [0, 0.05) is 34.6 Å². The first kappa shape index (κ1) is 33.3. The second-order valence-corrected chi connectivity index (χ2v) is 13.2. The molecule has 1 N–H and O–H groups in total. The second-order valence-electron chi connectivity index (χ2n) is 10.1. The van der Waals surface area contributed by atoms with Crippen molar-refractivity contribution >= 4 is 62.3 Å². The Morgan fingerprint density at radius 1 is 0.818 bits per heavy atom. The van der Waals surface area contributed by atoms with Gasteiger partial charge < -0.3 is 10.2 Å². The maximum atomic E-state index is 14.4. The second kappa shape index (κ2) is 15.4. The topological polar surface area (TPSA) is 86.8 Å². The van der Waals surface area contributed by atoms with Crippen molar-refractivity contribution in [2.24, 2.45) is 0 Å². The molecule has 44 heavy (non-hydrogen) atoms. The lowest BCUT2D eigenvalue weighted by atomic mass is 10.0. The van der Waals surface area contributed by atoms with E-state index >= 15 is 0 Å². The number of nitrogens with one attached hydrogen (secondary N) is 1. The van der Waals surface area contributed by atoms with Crippen molar-refractivity contribution in [3.8, 4) is 0 Å². The molecule has 11 heteroatoms. The van der Waals surface area contributed by atoms with Gasteiger partial charge in [-0.3, -0.25) is 13.9 Å². The summed E-state index contributed by atoms with van der Waals surface area (Å²) < 4.78 is 29.0. The molecule has 2 amide bonds. The highest BCUT2D eigenvalue weighted by Crippen LogP contribution is 2.27. The highest BCUT2D eigenvalue weighted by Gasteiger charge is 2.34. The summed E-state index contributed by atoms with van der Waals surface area (Å²) in [6.45, 7) is 1.71. The number of para-hydroxylation sites is 1. The van der Waals surface area contributed by atoms with E-state index in [1.807, 2.05) is 37.3 Å². The minimum atomic E-state index is -4.22. The molecule has 4 aromatic carbocycles. The van der Waals surface area contributed by atoms with E-state index in [4.69, 9.17) is 34.8 Å². The molecular weight excluding hydrogens is 641 g/mol. The molecule has 7 nitrogen and oxygen atoms in total. The smallest absolute Gasteiger partial charge is 0.264 e. The number of anilines is 1. The summed E-state index contributed by atoms with van der Waals surface area (Å²) in [6.07, 6.45) is 0.893. The van der Waals surface area contributed by atoms with Crippen LogP contribution in [0.3, 0.4) is 0 Å². The zero-order valence-electron chi connectivity index (χ0n) is 24.0. The molecule has 0 bridgehead atoms. The first-order valence-corrected chi connectivity index (χ1v) is 16.6. The van der Waals surface area contributed by atoms with E-state index < -0.39 is 28.5 Å². The molecule has 0 aliphatic carbocycles. The third-order valence-corrected chi connectivity index (χ3v) is 9.53. The van der Waals surface area contributed by atoms with Gasteiger partial charge in [-0.25, -0.2) is 8.42 Å². The van der Waals surface area contributed by atoms with Crippen LogP contribution in [-0.4, -0.2) is 44.3 Å². The molecule has 230 valence electrons. The molecule has 0 aliphatic heterocycles. The summed E-state index contributed by atoms with van der Waals surface area (Å²) in [6, 6.07) is 27.3. The highest BCUT2D eigenvalue weighted by atomic mass is 35.5. The molecule has 0 aromatic heterocycles. The molecule has 0 aliphatic rings. The van der Waals surface area contributed by atoms with Crippen molar-refractivity contribution < 1.29 is 18.0 Å². The fourth-order valence-corrected chi connectivity index (χ4v) is 6.62. The highest BCUT2D eigenvalue weighted by molar-refractivity contribution is 7.92. The molecule has 0 spiro atoms. The van der Waals surface area contributed by atoms with E-state index in [9.17, 15) is 18.0 Å². The number of halogens is 3. The van der Waals surface area contributed by atoms with Crippen molar-refractivity contribution in [2.45, 2.75) is 37.2 Å². The van der Waals surface area contributed by atoms with Gasteiger partial charge in [-0.1, -0.05) is 96.3 Å². The Hall–Kier alpha value is -3.56. The van der Waals surface area contributed by atoms with Crippen LogP contribution in [0.4, 0.5) is 5.69 Å². The average molecular weight is 673 g/mol. The van der Waals surface area contributed by atoms with Crippen LogP contribution in [0.1, 0.15) is 24.5 Å². The lowest BCUT2D eigenvalue weighted by Crippen LogP contribution is -2.53. The lowest BCUT2D eigenvalue weighted by molar-refractivity contribution is -0.140. The number of hydrogen-bond acceptors (Lipinski definition) is 4. The third-order valence-electron chi connectivity index (χ3n) is 6.90. The van der Waals surface area contributed by atoms with Crippen molar-refractivity contribution in [1.82, 2.24) is 10.2 Å². The van der Waals surface area contributed by atoms with E-state index in [0.717, 1.165) is 9.87 Å². The van der Waals surface area contributed by atoms with Crippen LogP contribution in [0.2, 0.25) is 15.1 Å². The van der Waals surface area contributed by atoms with Crippen molar-refractivity contribution in [3.05, 3.63) is 129 Å². The molecular formula is C33H32Cl3N3O4S. The number of nitrogens with zero attached hydrogens (tertiary/aromatic N) is 2. The minimum Gasteiger partial charge on any atom is -0.354 e. The lowest BCUT2D eigenvalue weighted by Gasteiger charge is -2.34. The van der Waals surface area contributed by atoms with Crippen molar-refractivity contribution in [3.63, 3.8) is 0 Å². The summed E-state index contributed by atoms with van der Waals surface area (Å²) in [5.41, 5.74) is 1.67. The minimum absolute atomic E-state index is 0.0348. The zero-order valence-corrected chi connectivity index (χ0v) is 27.1. The summed E-state index contributed by atoms with van der Waals surface area (Å²) >= 11 is 18.7. The van der Waals surface area contributed by atoms with Crippen molar-refractivity contribution in [1.29, 1.82) is 0 Å². The largest absolute Gasteiger partial charge is 0.354 e. The normalized spacial score (nSPS) is 11.9. The molecule has 4 rings (SSSR count). The van der Waals surface area contributed by atoms with Gasteiger partial charge in [0.25, 0.3) is 10.0 Å². The molecule has 0 heterocycles. The first-order chi connectivity index (χ1) is 21.1. The summed E-state index contributed by atoms with van der Waals surface area (Å²) in [7, 11) is -4.22. The Bertz CT molecular complexity index is 1670.